The highest BCUT2D eigenvalue weighted by Crippen LogP contribution is 2.31. The van der Waals surface area contributed by atoms with E-state index in [-0.39, 0.29) is 0 Å². The van der Waals surface area contributed by atoms with Gasteiger partial charge in [0.15, 0.2) is 0 Å². The van der Waals surface area contributed by atoms with Crippen LogP contribution in [0.5, 0.6) is 0 Å². The molecular formula is C27H23N5. The average Bonchev–Trinajstić information content (AvgIpc) is 3.44. The number of pyridine rings is 1. The normalized spacial score (nSPS) is 11.9. The third-order valence-corrected chi connectivity index (χ3v) is 6.06. The van der Waals surface area contributed by atoms with Gasteiger partial charge in [-0.15, -0.1) is 0 Å². The molecule has 0 aliphatic rings. The van der Waals surface area contributed by atoms with Crippen molar-refractivity contribution in [2.45, 2.75) is 26.7 Å². The average molecular weight is 418 g/mol. The molecule has 6 aromatic rings. The van der Waals surface area contributed by atoms with E-state index in [2.05, 4.69) is 83.4 Å². The van der Waals surface area contributed by atoms with E-state index in [1.807, 2.05) is 19.3 Å². The summed E-state index contributed by atoms with van der Waals surface area (Å²) in [6, 6.07) is 19.4. The molecule has 0 unspecified atom stereocenters. The molecular weight excluding hydrogens is 394 g/mol. The van der Waals surface area contributed by atoms with E-state index < -0.39 is 0 Å². The Labute approximate surface area is 185 Å². The van der Waals surface area contributed by atoms with Crippen LogP contribution in [0, 0.1) is 6.92 Å². The van der Waals surface area contributed by atoms with Crippen LogP contribution >= 0.6 is 0 Å². The van der Waals surface area contributed by atoms with E-state index in [9.17, 15) is 0 Å². The van der Waals surface area contributed by atoms with Crippen LogP contribution in [-0.2, 0) is 0 Å². The van der Waals surface area contributed by atoms with Crippen LogP contribution in [0.3, 0.4) is 0 Å². The summed E-state index contributed by atoms with van der Waals surface area (Å²) < 4.78 is 0. The van der Waals surface area contributed by atoms with E-state index in [0.717, 1.165) is 56.0 Å². The first-order chi connectivity index (χ1) is 15.5. The SMILES string of the molecule is Cc1ncc(-c2ccc3cc(-c4ccc5c(ccc6[nH]c(C(C)C)nc65)c4)ncc3c2)[nH]1. The second-order valence-electron chi connectivity index (χ2n) is 8.69. The molecule has 0 radical (unpaired) electrons. The summed E-state index contributed by atoms with van der Waals surface area (Å²) >= 11 is 0. The summed E-state index contributed by atoms with van der Waals surface area (Å²) in [5.41, 5.74) is 6.32. The predicted octanol–water partition coefficient (Wildman–Crippen LogP) is 6.75. The van der Waals surface area contributed by atoms with E-state index in [4.69, 9.17) is 9.97 Å². The van der Waals surface area contributed by atoms with Crippen LogP contribution in [0.1, 0.15) is 31.4 Å². The zero-order valence-electron chi connectivity index (χ0n) is 18.3. The summed E-state index contributed by atoms with van der Waals surface area (Å²) in [5, 5.41) is 4.61. The van der Waals surface area contributed by atoms with Crippen molar-refractivity contribution >= 4 is 32.6 Å². The van der Waals surface area contributed by atoms with E-state index >= 15 is 0 Å². The summed E-state index contributed by atoms with van der Waals surface area (Å²) in [7, 11) is 0. The number of hydrogen-bond acceptors (Lipinski definition) is 3. The summed E-state index contributed by atoms with van der Waals surface area (Å²) in [6.07, 6.45) is 3.82. The fraction of sp³-hybridized carbons (Fsp3) is 0.148. The molecule has 3 aromatic carbocycles. The largest absolute Gasteiger partial charge is 0.342 e. The second kappa shape index (κ2) is 7.02. The molecule has 156 valence electrons. The monoisotopic (exact) mass is 417 g/mol. The number of benzene rings is 3. The molecule has 5 heteroatoms. The number of fused-ring (bicyclic) bond motifs is 4. The summed E-state index contributed by atoms with van der Waals surface area (Å²) in [6.45, 7) is 6.27. The lowest BCUT2D eigenvalue weighted by atomic mass is 10.0. The van der Waals surface area contributed by atoms with Gasteiger partial charge in [0.1, 0.15) is 11.6 Å². The highest BCUT2D eigenvalue weighted by atomic mass is 14.9. The molecule has 3 heterocycles. The Morgan fingerprint density at radius 2 is 1.56 bits per heavy atom. The Bertz CT molecular complexity index is 1620. The van der Waals surface area contributed by atoms with Crippen LogP contribution in [0.15, 0.2) is 67.0 Å². The topological polar surface area (TPSA) is 70.2 Å². The molecule has 0 saturated heterocycles. The number of rotatable bonds is 3. The van der Waals surface area contributed by atoms with Crippen molar-refractivity contribution in [3.63, 3.8) is 0 Å². The van der Waals surface area contributed by atoms with Crippen LogP contribution in [0.2, 0.25) is 0 Å². The van der Waals surface area contributed by atoms with Crippen molar-refractivity contribution in [3.8, 4) is 22.5 Å². The van der Waals surface area contributed by atoms with Gasteiger partial charge in [-0.3, -0.25) is 4.98 Å². The Morgan fingerprint density at radius 1 is 0.750 bits per heavy atom. The number of H-pyrrole nitrogens is 2. The minimum atomic E-state index is 0.372. The molecule has 0 aliphatic carbocycles. The molecule has 0 amide bonds. The third kappa shape index (κ3) is 3.05. The van der Waals surface area contributed by atoms with Crippen molar-refractivity contribution in [1.82, 2.24) is 24.9 Å². The van der Waals surface area contributed by atoms with Gasteiger partial charge in [0.25, 0.3) is 0 Å². The number of aromatic nitrogens is 5. The van der Waals surface area contributed by atoms with E-state index in [1.165, 1.54) is 10.8 Å². The maximum absolute atomic E-state index is 4.84. The second-order valence-corrected chi connectivity index (χ2v) is 8.69. The number of nitrogens with one attached hydrogen (secondary N) is 2. The molecule has 0 fully saturated rings. The standard InChI is InChI=1S/C27H23N5/c1-15(2)27-31-23-9-7-18-10-19(6-8-22(18)26(23)32-27)24-12-17-4-5-20(11-21(17)13-29-24)25-14-28-16(3)30-25/h4-15H,1-3H3,(H,28,30)(H,31,32). The van der Waals surface area contributed by atoms with Gasteiger partial charge >= 0.3 is 0 Å². The van der Waals surface area contributed by atoms with Crippen LogP contribution in [-0.4, -0.2) is 24.9 Å². The van der Waals surface area contributed by atoms with E-state index in [1.54, 1.807) is 0 Å². The minimum Gasteiger partial charge on any atom is -0.342 e. The van der Waals surface area contributed by atoms with Crippen LogP contribution < -0.4 is 0 Å². The Kier molecular flexibility index (Phi) is 4.12. The first-order valence-electron chi connectivity index (χ1n) is 10.9. The van der Waals surface area contributed by atoms with Crippen molar-refractivity contribution in [3.05, 3.63) is 78.6 Å². The summed E-state index contributed by atoms with van der Waals surface area (Å²) in [4.78, 5) is 20.6. The molecule has 0 saturated carbocycles. The predicted molar refractivity (Wildman–Crippen MR) is 131 cm³/mol. The molecule has 2 N–H and O–H groups in total. The fourth-order valence-corrected chi connectivity index (χ4v) is 4.29. The van der Waals surface area contributed by atoms with Gasteiger partial charge in [-0.1, -0.05) is 44.2 Å². The zero-order chi connectivity index (χ0) is 21.8. The third-order valence-electron chi connectivity index (χ3n) is 6.06. The van der Waals surface area contributed by atoms with Gasteiger partial charge in [0, 0.05) is 34.0 Å². The van der Waals surface area contributed by atoms with Gasteiger partial charge in [-0.25, -0.2) is 9.97 Å². The van der Waals surface area contributed by atoms with Gasteiger partial charge in [-0.05, 0) is 42.0 Å². The minimum absolute atomic E-state index is 0.372. The fourth-order valence-electron chi connectivity index (χ4n) is 4.29. The summed E-state index contributed by atoms with van der Waals surface area (Å²) in [5.74, 6) is 2.31. The lowest BCUT2D eigenvalue weighted by molar-refractivity contribution is 0.799. The number of hydrogen-bond donors (Lipinski definition) is 2. The number of aromatic amines is 2. The lowest BCUT2D eigenvalue weighted by Gasteiger charge is -2.07. The molecule has 6 rings (SSSR count). The van der Waals surface area contributed by atoms with Crippen LogP contribution in [0.25, 0.3) is 55.1 Å². The molecule has 0 atom stereocenters. The molecule has 5 nitrogen and oxygen atoms in total. The van der Waals surface area contributed by atoms with Crippen molar-refractivity contribution in [2.24, 2.45) is 0 Å². The zero-order valence-corrected chi connectivity index (χ0v) is 18.3. The van der Waals surface area contributed by atoms with Gasteiger partial charge in [-0.2, -0.15) is 0 Å². The maximum atomic E-state index is 4.84. The lowest BCUT2D eigenvalue weighted by Crippen LogP contribution is -1.88. The highest BCUT2D eigenvalue weighted by molar-refractivity contribution is 6.05. The maximum Gasteiger partial charge on any atom is 0.109 e. The van der Waals surface area contributed by atoms with Crippen LogP contribution in [0.4, 0.5) is 0 Å². The molecule has 3 aromatic heterocycles. The van der Waals surface area contributed by atoms with Crippen molar-refractivity contribution in [1.29, 1.82) is 0 Å². The van der Waals surface area contributed by atoms with Crippen molar-refractivity contribution < 1.29 is 0 Å². The smallest absolute Gasteiger partial charge is 0.109 e. The van der Waals surface area contributed by atoms with Gasteiger partial charge in [0.2, 0.25) is 0 Å². The Morgan fingerprint density at radius 3 is 2.38 bits per heavy atom. The first-order valence-corrected chi connectivity index (χ1v) is 10.9. The number of aryl methyl sites for hydroxylation is 1. The Balaban J connectivity index is 1.41. The van der Waals surface area contributed by atoms with Crippen molar-refractivity contribution in [2.75, 3.05) is 0 Å². The number of imidazole rings is 2. The quantitative estimate of drug-likeness (QED) is 0.334. The first kappa shape index (κ1) is 18.8. The van der Waals surface area contributed by atoms with Gasteiger partial charge < -0.3 is 9.97 Å². The number of nitrogens with zero attached hydrogens (tertiary/aromatic N) is 3. The molecule has 0 spiro atoms. The van der Waals surface area contributed by atoms with Gasteiger partial charge in [0.05, 0.1) is 28.6 Å². The highest BCUT2D eigenvalue weighted by Gasteiger charge is 2.11. The van der Waals surface area contributed by atoms with E-state index in [0.29, 0.717) is 5.92 Å². The molecule has 32 heavy (non-hydrogen) atoms. The molecule has 0 aliphatic heterocycles. The molecule has 0 bridgehead atoms. The Hall–Kier alpha value is -3.99.